The van der Waals surface area contributed by atoms with E-state index in [1.54, 1.807) is 0 Å². The summed E-state index contributed by atoms with van der Waals surface area (Å²) in [4.78, 5) is 2.30. The molecule has 0 heterocycles. The van der Waals surface area contributed by atoms with E-state index in [1.165, 1.54) is 5.75 Å². The van der Waals surface area contributed by atoms with Crippen molar-refractivity contribution in [3.05, 3.63) is 0 Å². The zero-order valence-electron chi connectivity index (χ0n) is 7.85. The van der Waals surface area contributed by atoms with Crippen LogP contribution in [0.1, 0.15) is 13.8 Å². The first-order valence-electron chi connectivity index (χ1n) is 3.80. The molecule has 0 N–H and O–H groups in total. The molecule has 0 aliphatic heterocycles. The van der Waals surface area contributed by atoms with E-state index in [2.05, 4.69) is 32.1 Å². The van der Waals surface area contributed by atoms with Gasteiger partial charge in [-0.25, -0.2) is 0 Å². The molecule has 1 nitrogen and oxygen atoms in total. The number of alkyl halides is 1. The van der Waals surface area contributed by atoms with E-state index >= 15 is 0 Å². The number of thioether (sulfide) groups is 1. The second-order valence-electron chi connectivity index (χ2n) is 3.36. The lowest BCUT2D eigenvalue weighted by Gasteiger charge is -2.33. The highest BCUT2D eigenvalue weighted by Gasteiger charge is 2.21. The van der Waals surface area contributed by atoms with Gasteiger partial charge >= 0.3 is 0 Å². The minimum absolute atomic E-state index is 0.136. The fraction of sp³-hybridized carbons (Fsp3) is 1.00. The summed E-state index contributed by atoms with van der Waals surface area (Å²) in [5.41, 5.74) is 0.136. The minimum atomic E-state index is 0.136. The molecule has 0 atom stereocenters. The van der Waals surface area contributed by atoms with Crippen LogP contribution < -0.4 is 0 Å². The van der Waals surface area contributed by atoms with E-state index in [9.17, 15) is 0 Å². The molecule has 0 spiro atoms. The van der Waals surface area contributed by atoms with Crippen LogP contribution in [0.25, 0.3) is 0 Å². The van der Waals surface area contributed by atoms with Crippen LogP contribution in [0.4, 0.5) is 0 Å². The lowest BCUT2D eigenvalue weighted by molar-refractivity contribution is 0.191. The molecule has 0 aliphatic rings. The lowest BCUT2D eigenvalue weighted by atomic mass is 10.1. The summed E-state index contributed by atoms with van der Waals surface area (Å²) < 4.78 is 0. The van der Waals surface area contributed by atoms with E-state index in [-0.39, 0.29) is 5.54 Å². The Hall–Kier alpha value is 0.600. The molecule has 0 fully saturated rings. The van der Waals surface area contributed by atoms with Crippen molar-refractivity contribution in [3.63, 3.8) is 0 Å². The van der Waals surface area contributed by atoms with Gasteiger partial charge in [0.1, 0.15) is 0 Å². The third kappa shape index (κ3) is 4.24. The van der Waals surface area contributed by atoms with Crippen molar-refractivity contribution in [1.82, 2.24) is 4.90 Å². The molecule has 0 aromatic heterocycles. The molecule has 68 valence electrons. The SMILES string of the molecule is CSCCN(C)C(C)(C)CCl. The maximum Gasteiger partial charge on any atom is 0.0402 e. The molecule has 0 aliphatic carbocycles. The third-order valence-corrected chi connectivity index (χ3v) is 3.24. The number of hydrogen-bond donors (Lipinski definition) is 0. The van der Waals surface area contributed by atoms with Crippen LogP contribution in [0.2, 0.25) is 0 Å². The van der Waals surface area contributed by atoms with E-state index in [1.807, 2.05) is 11.8 Å². The standard InChI is InChI=1S/C8H18ClNS/c1-8(2,7-9)10(3)5-6-11-4/h5-7H2,1-4H3. The first-order valence-corrected chi connectivity index (χ1v) is 5.73. The Kier molecular flexibility index (Phi) is 5.57. The molecule has 0 saturated heterocycles. The van der Waals surface area contributed by atoms with Crippen LogP contribution >= 0.6 is 23.4 Å². The van der Waals surface area contributed by atoms with Crippen LogP contribution in [-0.4, -0.2) is 41.9 Å². The Morgan fingerprint density at radius 3 is 2.36 bits per heavy atom. The zero-order valence-corrected chi connectivity index (χ0v) is 9.43. The maximum atomic E-state index is 5.82. The molecule has 0 unspecified atom stereocenters. The molecule has 3 heteroatoms. The molecule has 0 rings (SSSR count). The van der Waals surface area contributed by atoms with Crippen molar-refractivity contribution < 1.29 is 0 Å². The molecule has 11 heavy (non-hydrogen) atoms. The summed E-state index contributed by atoms with van der Waals surface area (Å²) in [5.74, 6) is 1.87. The fourth-order valence-corrected chi connectivity index (χ4v) is 1.29. The zero-order chi connectivity index (χ0) is 8.91. The van der Waals surface area contributed by atoms with E-state index in [0.29, 0.717) is 5.88 Å². The quantitative estimate of drug-likeness (QED) is 0.620. The average molecular weight is 196 g/mol. The monoisotopic (exact) mass is 195 g/mol. The van der Waals surface area contributed by atoms with Gasteiger partial charge < -0.3 is 0 Å². The minimum Gasteiger partial charge on any atom is -0.299 e. The summed E-state index contributed by atoms with van der Waals surface area (Å²) in [6.07, 6.45) is 2.13. The van der Waals surface area contributed by atoms with Crippen LogP contribution in [-0.2, 0) is 0 Å². The third-order valence-electron chi connectivity index (χ3n) is 1.99. The first kappa shape index (κ1) is 11.6. The molecule has 0 saturated carbocycles. The van der Waals surface area contributed by atoms with Crippen LogP contribution in [0.15, 0.2) is 0 Å². The smallest absolute Gasteiger partial charge is 0.0402 e. The highest BCUT2D eigenvalue weighted by atomic mass is 35.5. The topological polar surface area (TPSA) is 3.24 Å². The van der Waals surface area contributed by atoms with Crippen LogP contribution in [0.3, 0.4) is 0 Å². The predicted molar refractivity (Wildman–Crippen MR) is 55.8 cm³/mol. The maximum absolute atomic E-state index is 5.82. The average Bonchev–Trinajstić information content (AvgIpc) is 2.00. The van der Waals surface area contributed by atoms with Crippen molar-refractivity contribution in [3.8, 4) is 0 Å². The molecule has 0 aromatic rings. The van der Waals surface area contributed by atoms with Gasteiger partial charge in [0.15, 0.2) is 0 Å². The van der Waals surface area contributed by atoms with Crippen molar-refractivity contribution >= 4 is 23.4 Å². The van der Waals surface area contributed by atoms with Gasteiger partial charge in [-0.15, -0.1) is 11.6 Å². The second kappa shape index (κ2) is 5.28. The van der Waals surface area contributed by atoms with E-state index < -0.39 is 0 Å². The van der Waals surface area contributed by atoms with Gasteiger partial charge in [-0.2, -0.15) is 11.8 Å². The van der Waals surface area contributed by atoms with Gasteiger partial charge in [0.05, 0.1) is 0 Å². The van der Waals surface area contributed by atoms with E-state index in [0.717, 1.165) is 6.54 Å². The van der Waals surface area contributed by atoms with Crippen molar-refractivity contribution in [2.75, 3.05) is 31.5 Å². The highest BCUT2D eigenvalue weighted by molar-refractivity contribution is 7.98. The van der Waals surface area contributed by atoms with Gasteiger partial charge in [-0.05, 0) is 27.2 Å². The normalized spacial score (nSPS) is 12.5. The Bertz CT molecular complexity index is 106. The fourth-order valence-electron chi connectivity index (χ4n) is 0.633. The Labute approximate surface area is 79.5 Å². The van der Waals surface area contributed by atoms with Crippen molar-refractivity contribution in [2.45, 2.75) is 19.4 Å². The van der Waals surface area contributed by atoms with Gasteiger partial charge in [0, 0.05) is 23.7 Å². The largest absolute Gasteiger partial charge is 0.299 e. The van der Waals surface area contributed by atoms with Gasteiger partial charge in [-0.1, -0.05) is 0 Å². The summed E-state index contributed by atoms with van der Waals surface area (Å²) in [5, 5.41) is 0. The summed E-state index contributed by atoms with van der Waals surface area (Å²) in [6, 6.07) is 0. The molecule has 0 bridgehead atoms. The molecular formula is C8H18ClNS. The Morgan fingerprint density at radius 1 is 1.45 bits per heavy atom. The van der Waals surface area contributed by atoms with E-state index in [4.69, 9.17) is 11.6 Å². The summed E-state index contributed by atoms with van der Waals surface area (Å²) >= 11 is 7.69. The second-order valence-corrected chi connectivity index (χ2v) is 4.61. The molecule has 0 radical (unpaired) electrons. The number of nitrogens with zero attached hydrogens (tertiary/aromatic N) is 1. The van der Waals surface area contributed by atoms with Gasteiger partial charge in [0.2, 0.25) is 0 Å². The molecule has 0 aromatic carbocycles. The predicted octanol–water partition coefficient (Wildman–Crippen LogP) is 2.30. The summed E-state index contributed by atoms with van der Waals surface area (Å²) in [6.45, 7) is 5.45. The van der Waals surface area contributed by atoms with Crippen LogP contribution in [0.5, 0.6) is 0 Å². The lowest BCUT2D eigenvalue weighted by Crippen LogP contribution is -2.43. The first-order chi connectivity index (χ1) is 5.04. The summed E-state index contributed by atoms with van der Waals surface area (Å²) in [7, 11) is 2.12. The molecule has 0 amide bonds. The number of rotatable bonds is 5. The van der Waals surface area contributed by atoms with Gasteiger partial charge in [0.25, 0.3) is 0 Å². The van der Waals surface area contributed by atoms with Crippen molar-refractivity contribution in [2.24, 2.45) is 0 Å². The Morgan fingerprint density at radius 2 is 2.00 bits per heavy atom. The Balaban J connectivity index is 3.71. The number of hydrogen-bond acceptors (Lipinski definition) is 2. The molecular weight excluding hydrogens is 178 g/mol. The van der Waals surface area contributed by atoms with Gasteiger partial charge in [-0.3, -0.25) is 4.90 Å². The highest BCUT2D eigenvalue weighted by Crippen LogP contribution is 2.13. The van der Waals surface area contributed by atoms with Crippen LogP contribution in [0, 0.1) is 0 Å². The van der Waals surface area contributed by atoms with Crippen molar-refractivity contribution in [1.29, 1.82) is 0 Å². The number of halogens is 1.